The number of pyridine rings is 1. The van der Waals surface area contributed by atoms with Crippen LogP contribution in [0.2, 0.25) is 0 Å². The minimum absolute atomic E-state index is 0.0907. The van der Waals surface area contributed by atoms with Gasteiger partial charge in [-0.25, -0.2) is 14.8 Å². The molecule has 0 aromatic carbocycles. The predicted molar refractivity (Wildman–Crippen MR) is 121 cm³/mol. The fourth-order valence-electron chi connectivity index (χ4n) is 3.20. The monoisotopic (exact) mass is 420 g/mol. The topological polar surface area (TPSA) is 74.6 Å². The second-order valence-electron chi connectivity index (χ2n) is 7.15. The molecule has 0 saturated carbocycles. The zero-order valence-corrected chi connectivity index (χ0v) is 17.7. The molecule has 8 heteroatoms. The SMILES string of the molecule is CC(C)CC1=C(c2ccsc2)N/C(=N/c2ncc(-c3cccs3)cc2C(=O)O)[B]1. The molecule has 1 radical (unpaired) electrons. The Morgan fingerprint density at radius 2 is 2.17 bits per heavy atom. The lowest BCUT2D eigenvalue weighted by atomic mass is 9.67. The first kappa shape index (κ1) is 19.6. The average molecular weight is 420 g/mol. The van der Waals surface area contributed by atoms with Crippen LogP contribution in [-0.4, -0.2) is 29.1 Å². The lowest BCUT2D eigenvalue weighted by Gasteiger charge is -2.08. The maximum atomic E-state index is 11.8. The third-order valence-electron chi connectivity index (χ3n) is 4.45. The van der Waals surface area contributed by atoms with E-state index in [0.29, 0.717) is 11.7 Å². The molecule has 0 aliphatic carbocycles. The van der Waals surface area contributed by atoms with E-state index in [-0.39, 0.29) is 11.4 Å². The van der Waals surface area contributed by atoms with Crippen LogP contribution in [0.5, 0.6) is 0 Å². The number of rotatable bonds is 6. The first-order chi connectivity index (χ1) is 14.0. The Balaban J connectivity index is 1.67. The third kappa shape index (κ3) is 4.33. The number of allylic oxidation sites excluding steroid dienone is 1. The lowest BCUT2D eigenvalue weighted by Crippen LogP contribution is -2.19. The summed E-state index contributed by atoms with van der Waals surface area (Å²) in [5.74, 6) is -0.345. The van der Waals surface area contributed by atoms with E-state index in [0.717, 1.165) is 28.1 Å². The number of hydrogen-bond donors (Lipinski definition) is 2. The van der Waals surface area contributed by atoms with Crippen LogP contribution >= 0.6 is 22.7 Å². The highest BCUT2D eigenvalue weighted by Gasteiger charge is 2.24. The maximum absolute atomic E-state index is 11.8. The van der Waals surface area contributed by atoms with Crippen LogP contribution in [0.25, 0.3) is 16.1 Å². The van der Waals surface area contributed by atoms with Crippen LogP contribution in [0, 0.1) is 5.92 Å². The van der Waals surface area contributed by atoms with Crippen molar-refractivity contribution in [3.8, 4) is 10.4 Å². The number of hydrogen-bond acceptors (Lipinski definition) is 5. The van der Waals surface area contributed by atoms with Crippen molar-refractivity contribution < 1.29 is 9.90 Å². The molecular formula is C21H19BN3O2S2. The van der Waals surface area contributed by atoms with Gasteiger partial charge in [0.25, 0.3) is 0 Å². The van der Waals surface area contributed by atoms with Gasteiger partial charge in [0.15, 0.2) is 5.82 Å². The van der Waals surface area contributed by atoms with Crippen LogP contribution in [0.4, 0.5) is 5.82 Å². The predicted octanol–water partition coefficient (Wildman–Crippen LogP) is 5.28. The smallest absolute Gasteiger partial charge is 0.339 e. The Hall–Kier alpha value is -2.71. The molecular weight excluding hydrogens is 401 g/mol. The maximum Gasteiger partial charge on any atom is 0.339 e. The Labute approximate surface area is 178 Å². The molecule has 0 spiro atoms. The summed E-state index contributed by atoms with van der Waals surface area (Å²) in [6.45, 7) is 4.35. The molecule has 4 heterocycles. The van der Waals surface area contributed by atoms with Crippen LogP contribution in [0.3, 0.4) is 0 Å². The van der Waals surface area contributed by atoms with Crippen LogP contribution in [0.1, 0.15) is 36.2 Å². The molecule has 4 rings (SSSR count). The van der Waals surface area contributed by atoms with E-state index in [1.54, 1.807) is 34.9 Å². The molecule has 5 nitrogen and oxygen atoms in total. The molecule has 29 heavy (non-hydrogen) atoms. The molecule has 145 valence electrons. The largest absolute Gasteiger partial charge is 0.478 e. The summed E-state index contributed by atoms with van der Waals surface area (Å²) < 4.78 is 0. The van der Waals surface area contributed by atoms with E-state index in [4.69, 9.17) is 0 Å². The number of nitrogens with zero attached hydrogens (tertiary/aromatic N) is 2. The zero-order valence-electron chi connectivity index (χ0n) is 16.0. The third-order valence-corrected chi connectivity index (χ3v) is 6.05. The fourth-order valence-corrected chi connectivity index (χ4v) is 4.56. The van der Waals surface area contributed by atoms with Gasteiger partial charge in [-0.05, 0) is 46.7 Å². The Morgan fingerprint density at radius 1 is 1.31 bits per heavy atom. The summed E-state index contributed by atoms with van der Waals surface area (Å²) >= 11 is 3.19. The highest BCUT2D eigenvalue weighted by atomic mass is 32.1. The van der Waals surface area contributed by atoms with Crippen molar-refractivity contribution in [2.45, 2.75) is 20.3 Å². The standard InChI is InChI=1S/C21H19BN3O2S2/c1-12(2)8-16-18(13-5-7-28-11-13)24-21(22-16)25-19-15(20(26)27)9-14(10-23-19)17-4-3-6-29-17/h3-7,9-12H,8H2,1-2H3,(H,26,27)(H,23,24,25). The first-order valence-corrected chi connectivity index (χ1v) is 11.1. The Kier molecular flexibility index (Phi) is 5.64. The molecule has 2 N–H and O–H groups in total. The van der Waals surface area contributed by atoms with Gasteiger partial charge in [-0.1, -0.05) is 25.4 Å². The van der Waals surface area contributed by atoms with E-state index in [9.17, 15) is 9.90 Å². The van der Waals surface area contributed by atoms with Crippen molar-refractivity contribution >= 4 is 53.2 Å². The number of aromatic nitrogens is 1. The van der Waals surface area contributed by atoms with E-state index >= 15 is 0 Å². The van der Waals surface area contributed by atoms with E-state index in [2.05, 4.69) is 40.6 Å². The number of carboxylic acids is 1. The lowest BCUT2D eigenvalue weighted by molar-refractivity contribution is 0.0697. The molecule has 0 saturated heterocycles. The van der Waals surface area contributed by atoms with Gasteiger partial charge in [-0.3, -0.25) is 0 Å². The van der Waals surface area contributed by atoms with Crippen molar-refractivity contribution in [2.75, 3.05) is 0 Å². The van der Waals surface area contributed by atoms with Gasteiger partial charge in [-0.2, -0.15) is 11.3 Å². The quantitative estimate of drug-likeness (QED) is 0.532. The molecule has 0 bridgehead atoms. The number of carboxylic acid groups (broad SMARTS) is 1. The highest BCUT2D eigenvalue weighted by Crippen LogP contribution is 2.30. The highest BCUT2D eigenvalue weighted by molar-refractivity contribution is 7.13. The molecule has 1 aliphatic heterocycles. The minimum Gasteiger partial charge on any atom is -0.478 e. The molecule has 3 aromatic heterocycles. The van der Waals surface area contributed by atoms with Gasteiger partial charge < -0.3 is 10.4 Å². The minimum atomic E-state index is -1.04. The summed E-state index contributed by atoms with van der Waals surface area (Å²) in [7, 11) is 1.99. The molecule has 0 atom stereocenters. The van der Waals surface area contributed by atoms with Crippen LogP contribution in [-0.2, 0) is 0 Å². The molecule has 0 unspecified atom stereocenters. The summed E-state index contributed by atoms with van der Waals surface area (Å²) in [6.07, 6.45) is 2.59. The van der Waals surface area contributed by atoms with Gasteiger partial charge in [0.1, 0.15) is 5.56 Å². The first-order valence-electron chi connectivity index (χ1n) is 9.24. The molecule has 0 fully saturated rings. The van der Waals surface area contributed by atoms with Crippen molar-refractivity contribution in [3.05, 3.63) is 63.2 Å². The van der Waals surface area contributed by atoms with Crippen LogP contribution in [0.15, 0.2) is 57.1 Å². The van der Waals surface area contributed by atoms with E-state index in [1.165, 1.54) is 5.47 Å². The summed E-state index contributed by atoms with van der Waals surface area (Å²) in [5, 5.41) is 19.1. The van der Waals surface area contributed by atoms with Gasteiger partial charge in [0, 0.05) is 27.9 Å². The van der Waals surface area contributed by atoms with Crippen molar-refractivity contribution in [1.82, 2.24) is 10.3 Å². The van der Waals surface area contributed by atoms with E-state index in [1.807, 2.05) is 30.2 Å². The Morgan fingerprint density at radius 3 is 2.83 bits per heavy atom. The normalized spacial score (nSPS) is 15.1. The zero-order chi connectivity index (χ0) is 20.4. The van der Waals surface area contributed by atoms with Crippen LogP contribution < -0.4 is 5.32 Å². The number of amidine groups is 1. The number of aromatic carboxylic acids is 1. The number of thiophene rings is 2. The summed E-state index contributed by atoms with van der Waals surface area (Å²) in [4.78, 5) is 21.7. The van der Waals surface area contributed by atoms with Gasteiger partial charge in [-0.15, -0.1) is 11.3 Å². The van der Waals surface area contributed by atoms with Gasteiger partial charge >= 0.3 is 5.97 Å². The summed E-state index contributed by atoms with van der Waals surface area (Å²) in [5.41, 5.74) is 4.80. The summed E-state index contributed by atoms with van der Waals surface area (Å²) in [6, 6.07) is 7.58. The van der Waals surface area contributed by atoms with Gasteiger partial charge in [0.2, 0.25) is 7.28 Å². The average Bonchev–Trinajstić information content (AvgIpc) is 3.43. The molecule has 0 amide bonds. The number of carbonyl (C=O) groups is 1. The molecule has 3 aromatic rings. The number of nitrogens with one attached hydrogen (secondary N) is 1. The number of aliphatic imine (C=N–C) groups is 1. The van der Waals surface area contributed by atoms with E-state index < -0.39 is 5.97 Å². The Bertz CT molecular complexity index is 1090. The van der Waals surface area contributed by atoms with Crippen molar-refractivity contribution in [1.29, 1.82) is 0 Å². The second-order valence-corrected chi connectivity index (χ2v) is 8.88. The second kappa shape index (κ2) is 8.35. The van der Waals surface area contributed by atoms with Crippen molar-refractivity contribution in [2.24, 2.45) is 10.9 Å². The van der Waals surface area contributed by atoms with Crippen molar-refractivity contribution in [3.63, 3.8) is 0 Å². The molecule has 1 aliphatic rings. The fraction of sp³-hybridized carbons (Fsp3) is 0.190. The van der Waals surface area contributed by atoms with Gasteiger partial charge in [0.05, 0.1) is 5.73 Å².